The fraction of sp³-hybridized carbons (Fsp3) is 0.250. The van der Waals surface area contributed by atoms with Crippen molar-refractivity contribution in [3.63, 3.8) is 0 Å². The summed E-state index contributed by atoms with van der Waals surface area (Å²) in [7, 11) is 4.98. The van der Waals surface area contributed by atoms with Gasteiger partial charge in [0.1, 0.15) is 0 Å². The number of methoxy groups -OCH3 is 2. The highest BCUT2D eigenvalue weighted by molar-refractivity contribution is 6.02. The van der Waals surface area contributed by atoms with Crippen LogP contribution >= 0.6 is 0 Å². The Morgan fingerprint density at radius 2 is 1.81 bits per heavy atom. The molecule has 3 N–H and O–H groups in total. The van der Waals surface area contributed by atoms with Crippen LogP contribution in [-0.4, -0.2) is 39.7 Å². The Bertz CT molecular complexity index is 1050. The molecule has 0 saturated carbocycles. The zero-order valence-electron chi connectivity index (χ0n) is 18.5. The van der Waals surface area contributed by atoms with E-state index in [4.69, 9.17) is 13.9 Å². The van der Waals surface area contributed by atoms with E-state index in [-0.39, 0.29) is 11.7 Å². The minimum atomic E-state index is -0.284. The Labute approximate surface area is 187 Å². The van der Waals surface area contributed by atoms with Crippen LogP contribution in [0.2, 0.25) is 0 Å². The van der Waals surface area contributed by atoms with Crippen molar-refractivity contribution in [2.24, 2.45) is 4.99 Å². The Hall–Kier alpha value is -3.94. The molecule has 1 amide bonds. The number of nitrogens with zero attached hydrogens (tertiary/aromatic N) is 1. The van der Waals surface area contributed by atoms with E-state index in [2.05, 4.69) is 20.9 Å². The molecule has 0 unspecified atom stereocenters. The molecule has 3 aromatic rings. The van der Waals surface area contributed by atoms with E-state index in [1.54, 1.807) is 33.4 Å². The Morgan fingerprint density at radius 3 is 2.53 bits per heavy atom. The second-order valence-corrected chi connectivity index (χ2v) is 6.92. The predicted molar refractivity (Wildman–Crippen MR) is 125 cm³/mol. The maximum absolute atomic E-state index is 12.1. The average Bonchev–Trinajstić information content (AvgIpc) is 3.36. The van der Waals surface area contributed by atoms with Crippen molar-refractivity contribution in [3.8, 4) is 11.5 Å². The van der Waals surface area contributed by atoms with Crippen molar-refractivity contribution in [1.82, 2.24) is 10.6 Å². The van der Waals surface area contributed by atoms with Gasteiger partial charge in [0.2, 0.25) is 0 Å². The van der Waals surface area contributed by atoms with Crippen molar-refractivity contribution in [2.45, 2.75) is 13.0 Å². The first-order valence-corrected chi connectivity index (χ1v) is 10.2. The van der Waals surface area contributed by atoms with E-state index in [1.807, 2.05) is 42.5 Å². The Balaban J connectivity index is 1.48. The highest BCUT2D eigenvalue weighted by Crippen LogP contribution is 2.27. The molecule has 0 aliphatic rings. The molecule has 0 spiro atoms. The van der Waals surface area contributed by atoms with Gasteiger partial charge in [-0.2, -0.15) is 0 Å². The van der Waals surface area contributed by atoms with Crippen LogP contribution in [0.1, 0.15) is 21.7 Å². The van der Waals surface area contributed by atoms with E-state index in [9.17, 15) is 4.79 Å². The van der Waals surface area contributed by atoms with Crippen LogP contribution in [0.3, 0.4) is 0 Å². The summed E-state index contributed by atoms with van der Waals surface area (Å²) in [4.78, 5) is 16.4. The number of rotatable bonds is 9. The smallest absolute Gasteiger partial charge is 0.291 e. The lowest BCUT2D eigenvalue weighted by Crippen LogP contribution is -2.37. The minimum Gasteiger partial charge on any atom is -0.493 e. The minimum absolute atomic E-state index is 0.271. The molecule has 8 heteroatoms. The third-order valence-electron chi connectivity index (χ3n) is 4.77. The molecule has 3 rings (SSSR count). The predicted octanol–water partition coefficient (Wildman–Crippen LogP) is 3.46. The van der Waals surface area contributed by atoms with Crippen LogP contribution in [0.5, 0.6) is 11.5 Å². The van der Waals surface area contributed by atoms with Gasteiger partial charge in [-0.05, 0) is 53.9 Å². The normalized spacial score (nSPS) is 11.0. The number of hydrogen-bond acceptors (Lipinski definition) is 5. The molecule has 0 bridgehead atoms. The number of anilines is 1. The van der Waals surface area contributed by atoms with Gasteiger partial charge in [-0.25, -0.2) is 0 Å². The van der Waals surface area contributed by atoms with E-state index in [1.165, 1.54) is 6.26 Å². The molecule has 0 saturated heterocycles. The van der Waals surface area contributed by atoms with E-state index < -0.39 is 0 Å². The summed E-state index contributed by atoms with van der Waals surface area (Å²) in [6, 6.07) is 16.8. The summed E-state index contributed by atoms with van der Waals surface area (Å²) in [6.45, 7) is 1.26. The fourth-order valence-corrected chi connectivity index (χ4v) is 3.13. The summed E-state index contributed by atoms with van der Waals surface area (Å²) < 4.78 is 15.8. The van der Waals surface area contributed by atoms with Gasteiger partial charge in [-0.15, -0.1) is 0 Å². The third-order valence-corrected chi connectivity index (χ3v) is 4.77. The topological polar surface area (TPSA) is 97.1 Å². The molecule has 0 radical (unpaired) electrons. The fourth-order valence-electron chi connectivity index (χ4n) is 3.13. The number of nitrogens with one attached hydrogen (secondary N) is 3. The second kappa shape index (κ2) is 11.5. The van der Waals surface area contributed by atoms with Gasteiger partial charge in [-0.1, -0.05) is 18.2 Å². The van der Waals surface area contributed by atoms with Gasteiger partial charge >= 0.3 is 0 Å². The van der Waals surface area contributed by atoms with Crippen LogP contribution in [0, 0.1) is 0 Å². The van der Waals surface area contributed by atoms with Gasteiger partial charge in [-0.3, -0.25) is 9.79 Å². The molecule has 8 nitrogen and oxygen atoms in total. The van der Waals surface area contributed by atoms with Crippen LogP contribution < -0.4 is 25.4 Å². The molecule has 2 aromatic carbocycles. The quantitative estimate of drug-likeness (QED) is 0.351. The number of guanidine groups is 1. The van der Waals surface area contributed by atoms with Crippen molar-refractivity contribution in [1.29, 1.82) is 0 Å². The number of aliphatic imine (C=N–C) groups is 1. The molecule has 32 heavy (non-hydrogen) atoms. The molecular weight excluding hydrogens is 408 g/mol. The number of carbonyl (C=O) groups excluding carboxylic acids is 1. The van der Waals surface area contributed by atoms with Crippen molar-refractivity contribution < 1.29 is 18.7 Å². The number of hydrogen-bond donors (Lipinski definition) is 3. The summed E-state index contributed by atoms with van der Waals surface area (Å²) in [5.41, 5.74) is 2.83. The molecule has 168 valence electrons. The van der Waals surface area contributed by atoms with Crippen molar-refractivity contribution in [3.05, 3.63) is 77.7 Å². The summed E-state index contributed by atoms with van der Waals surface area (Å²) in [5, 5.41) is 9.42. The second-order valence-electron chi connectivity index (χ2n) is 6.92. The van der Waals surface area contributed by atoms with Gasteiger partial charge in [0.05, 0.1) is 20.5 Å². The van der Waals surface area contributed by atoms with Crippen LogP contribution in [-0.2, 0) is 13.0 Å². The monoisotopic (exact) mass is 436 g/mol. The molecule has 0 atom stereocenters. The number of amides is 1. The SMILES string of the molecule is CN=C(NCCc1ccc(OC)c(OC)c1)NCc1cccc(NC(=O)c2ccco2)c1. The summed E-state index contributed by atoms with van der Waals surface area (Å²) in [5.74, 6) is 2.10. The maximum atomic E-state index is 12.1. The first-order valence-electron chi connectivity index (χ1n) is 10.2. The van der Waals surface area contributed by atoms with Gasteiger partial charge < -0.3 is 29.8 Å². The molecule has 0 aliphatic carbocycles. The Morgan fingerprint density at radius 1 is 0.969 bits per heavy atom. The molecule has 0 fully saturated rings. The van der Waals surface area contributed by atoms with Crippen molar-refractivity contribution >= 4 is 17.6 Å². The van der Waals surface area contributed by atoms with Gasteiger partial charge in [0, 0.05) is 25.8 Å². The zero-order valence-corrected chi connectivity index (χ0v) is 18.5. The Kier molecular flexibility index (Phi) is 8.14. The third kappa shape index (κ3) is 6.28. The molecule has 0 aliphatic heterocycles. The molecule has 1 aromatic heterocycles. The summed E-state index contributed by atoms with van der Waals surface area (Å²) >= 11 is 0. The number of benzene rings is 2. The number of carbonyl (C=O) groups is 1. The summed E-state index contributed by atoms with van der Waals surface area (Å²) in [6.07, 6.45) is 2.27. The maximum Gasteiger partial charge on any atom is 0.291 e. The first kappa shape index (κ1) is 22.7. The van der Waals surface area contributed by atoms with Gasteiger partial charge in [0.25, 0.3) is 5.91 Å². The molecular formula is C24H28N4O4. The highest BCUT2D eigenvalue weighted by atomic mass is 16.5. The molecule has 1 heterocycles. The first-order chi connectivity index (χ1) is 15.6. The van der Waals surface area contributed by atoms with E-state index in [0.29, 0.717) is 36.2 Å². The lowest BCUT2D eigenvalue weighted by molar-refractivity contribution is 0.0996. The number of furan rings is 1. The average molecular weight is 437 g/mol. The lowest BCUT2D eigenvalue weighted by Gasteiger charge is -2.13. The van der Waals surface area contributed by atoms with E-state index in [0.717, 1.165) is 17.5 Å². The lowest BCUT2D eigenvalue weighted by atomic mass is 10.1. The van der Waals surface area contributed by atoms with Crippen LogP contribution in [0.25, 0.3) is 0 Å². The largest absolute Gasteiger partial charge is 0.493 e. The standard InChI is InChI=1S/C24H28N4O4/c1-25-24(26-12-11-17-9-10-20(30-2)22(15-17)31-3)27-16-18-6-4-7-19(14-18)28-23(29)21-8-5-13-32-21/h4-10,13-15H,11-12,16H2,1-3H3,(H,28,29)(H2,25,26,27). The van der Waals surface area contributed by atoms with Crippen LogP contribution in [0.15, 0.2) is 70.3 Å². The zero-order chi connectivity index (χ0) is 22.8. The number of ether oxygens (including phenoxy) is 2. The van der Waals surface area contributed by atoms with E-state index >= 15 is 0 Å². The highest BCUT2D eigenvalue weighted by Gasteiger charge is 2.09. The van der Waals surface area contributed by atoms with Crippen LogP contribution in [0.4, 0.5) is 5.69 Å². The van der Waals surface area contributed by atoms with Crippen molar-refractivity contribution in [2.75, 3.05) is 33.1 Å². The van der Waals surface area contributed by atoms with Gasteiger partial charge in [0.15, 0.2) is 23.2 Å².